The quantitative estimate of drug-likeness (QED) is 0.379. The lowest BCUT2D eigenvalue weighted by molar-refractivity contribution is 0.195. The number of nitrogens with zero attached hydrogens (tertiary/aromatic N) is 3. The van der Waals surface area contributed by atoms with E-state index in [4.69, 9.17) is 0 Å². The van der Waals surface area contributed by atoms with Gasteiger partial charge in [0.05, 0.1) is 0 Å². The van der Waals surface area contributed by atoms with E-state index in [2.05, 4.69) is 39.3 Å². The molecule has 2 aliphatic heterocycles. The molecule has 2 N–H and O–H groups in total. The topological polar surface area (TPSA) is 42.9 Å². The third-order valence-electron chi connectivity index (χ3n) is 5.23. The van der Waals surface area contributed by atoms with E-state index < -0.39 is 0 Å². The number of aliphatic imine (C=N–C) groups is 1. The number of halogens is 1. The highest BCUT2D eigenvalue weighted by atomic mass is 127. The first-order chi connectivity index (χ1) is 10.7. The number of likely N-dealkylation sites (N-methyl/N-ethyl adjacent to an activating group) is 1. The van der Waals surface area contributed by atoms with Gasteiger partial charge in [0.25, 0.3) is 0 Å². The van der Waals surface area contributed by atoms with Gasteiger partial charge in [-0.2, -0.15) is 0 Å². The molecule has 0 aliphatic carbocycles. The summed E-state index contributed by atoms with van der Waals surface area (Å²) in [6.45, 7) is 12.6. The Morgan fingerprint density at radius 1 is 1.13 bits per heavy atom. The lowest BCUT2D eigenvalue weighted by Crippen LogP contribution is -2.47. The van der Waals surface area contributed by atoms with Crippen molar-refractivity contribution >= 4 is 29.9 Å². The fourth-order valence-electron chi connectivity index (χ4n) is 3.60. The molecule has 0 amide bonds. The highest BCUT2D eigenvalue weighted by Gasteiger charge is 2.22. The Bertz CT molecular complexity index is 342. The van der Waals surface area contributed by atoms with Gasteiger partial charge >= 0.3 is 0 Å². The number of hydrogen-bond acceptors (Lipinski definition) is 3. The number of rotatable bonds is 6. The molecule has 0 saturated carbocycles. The summed E-state index contributed by atoms with van der Waals surface area (Å²) in [4.78, 5) is 9.48. The fourth-order valence-corrected chi connectivity index (χ4v) is 3.60. The number of nitrogens with one attached hydrogen (secondary N) is 2. The van der Waals surface area contributed by atoms with Crippen molar-refractivity contribution < 1.29 is 0 Å². The number of guanidine groups is 1. The van der Waals surface area contributed by atoms with Crippen molar-refractivity contribution in [1.82, 2.24) is 20.4 Å². The zero-order valence-electron chi connectivity index (χ0n) is 15.2. The molecule has 6 heteroatoms. The van der Waals surface area contributed by atoms with Crippen LogP contribution in [0.1, 0.15) is 39.5 Å². The van der Waals surface area contributed by atoms with Crippen LogP contribution in [0.4, 0.5) is 0 Å². The molecule has 0 radical (unpaired) electrons. The van der Waals surface area contributed by atoms with Crippen LogP contribution in [0.2, 0.25) is 0 Å². The molecule has 2 heterocycles. The molecule has 0 spiro atoms. The first kappa shape index (κ1) is 21.0. The predicted molar refractivity (Wildman–Crippen MR) is 110 cm³/mol. The summed E-state index contributed by atoms with van der Waals surface area (Å²) in [6, 6.07) is 0.673. The minimum Gasteiger partial charge on any atom is -0.355 e. The van der Waals surface area contributed by atoms with E-state index in [-0.39, 0.29) is 24.0 Å². The van der Waals surface area contributed by atoms with Gasteiger partial charge in [-0.15, -0.1) is 24.0 Å². The minimum atomic E-state index is 0. The Hall–Kier alpha value is -0.0800. The molecule has 0 aromatic heterocycles. The summed E-state index contributed by atoms with van der Waals surface area (Å²) in [5, 5.41) is 6.96. The minimum absolute atomic E-state index is 0. The van der Waals surface area contributed by atoms with Crippen LogP contribution >= 0.6 is 24.0 Å². The van der Waals surface area contributed by atoms with Crippen LogP contribution in [0.3, 0.4) is 0 Å². The van der Waals surface area contributed by atoms with Crippen molar-refractivity contribution in [3.63, 3.8) is 0 Å². The summed E-state index contributed by atoms with van der Waals surface area (Å²) in [6.07, 6.45) is 5.34. The molecule has 2 fully saturated rings. The molecule has 2 aliphatic rings. The molecule has 2 rings (SSSR count). The SMILES string of the molecule is CCN1CCCC1CNC(=NC)NCCN1CCC(C)CC1.I. The molecule has 0 aromatic carbocycles. The normalized spacial score (nSPS) is 24.5. The maximum Gasteiger partial charge on any atom is 0.191 e. The van der Waals surface area contributed by atoms with E-state index in [1.165, 1.54) is 45.3 Å². The van der Waals surface area contributed by atoms with Gasteiger partial charge in [0.2, 0.25) is 0 Å². The van der Waals surface area contributed by atoms with Gasteiger partial charge in [0, 0.05) is 32.7 Å². The summed E-state index contributed by atoms with van der Waals surface area (Å²) < 4.78 is 0. The van der Waals surface area contributed by atoms with Gasteiger partial charge in [-0.1, -0.05) is 13.8 Å². The molecule has 2 saturated heterocycles. The highest BCUT2D eigenvalue weighted by Crippen LogP contribution is 2.16. The third kappa shape index (κ3) is 7.13. The van der Waals surface area contributed by atoms with Gasteiger partial charge in [-0.25, -0.2) is 0 Å². The Morgan fingerprint density at radius 3 is 2.52 bits per heavy atom. The van der Waals surface area contributed by atoms with Gasteiger partial charge in [-0.05, 0) is 57.8 Å². The van der Waals surface area contributed by atoms with Crippen LogP contribution in [0.15, 0.2) is 4.99 Å². The van der Waals surface area contributed by atoms with Gasteiger partial charge in [0.1, 0.15) is 0 Å². The summed E-state index contributed by atoms with van der Waals surface area (Å²) in [7, 11) is 1.87. The van der Waals surface area contributed by atoms with E-state index in [1.54, 1.807) is 0 Å². The van der Waals surface area contributed by atoms with E-state index in [0.29, 0.717) is 6.04 Å². The lowest BCUT2D eigenvalue weighted by Gasteiger charge is -2.30. The maximum absolute atomic E-state index is 4.35. The molecule has 5 nitrogen and oxygen atoms in total. The average Bonchev–Trinajstić information content (AvgIpc) is 3.00. The van der Waals surface area contributed by atoms with Crippen molar-refractivity contribution in [3.8, 4) is 0 Å². The van der Waals surface area contributed by atoms with Crippen LogP contribution in [-0.4, -0.2) is 74.7 Å². The van der Waals surface area contributed by atoms with Crippen LogP contribution in [0.5, 0.6) is 0 Å². The van der Waals surface area contributed by atoms with E-state index in [0.717, 1.165) is 38.1 Å². The van der Waals surface area contributed by atoms with Crippen LogP contribution < -0.4 is 10.6 Å². The average molecular weight is 437 g/mol. The molecule has 23 heavy (non-hydrogen) atoms. The van der Waals surface area contributed by atoms with E-state index in [9.17, 15) is 0 Å². The third-order valence-corrected chi connectivity index (χ3v) is 5.23. The zero-order chi connectivity index (χ0) is 15.8. The first-order valence-electron chi connectivity index (χ1n) is 9.13. The number of hydrogen-bond donors (Lipinski definition) is 2. The van der Waals surface area contributed by atoms with Crippen molar-refractivity contribution in [2.75, 3.05) is 52.9 Å². The Balaban J connectivity index is 0.00000264. The van der Waals surface area contributed by atoms with Gasteiger partial charge in [-0.3, -0.25) is 9.89 Å². The standard InChI is InChI=1S/C17H35N5.HI/c1-4-22-10-5-6-16(22)14-20-17(18-3)19-9-13-21-11-7-15(2)8-12-21;/h15-16H,4-14H2,1-3H3,(H2,18,19,20);1H. The molecule has 136 valence electrons. The number of piperidine rings is 1. The molecular formula is C17H36IN5. The second-order valence-electron chi connectivity index (χ2n) is 6.83. The van der Waals surface area contributed by atoms with Crippen LogP contribution in [0, 0.1) is 5.92 Å². The molecule has 0 aromatic rings. The van der Waals surface area contributed by atoms with Crippen LogP contribution in [0.25, 0.3) is 0 Å². The van der Waals surface area contributed by atoms with Crippen molar-refractivity contribution in [2.45, 2.75) is 45.6 Å². The zero-order valence-corrected chi connectivity index (χ0v) is 17.5. The van der Waals surface area contributed by atoms with Crippen LogP contribution in [-0.2, 0) is 0 Å². The van der Waals surface area contributed by atoms with Crippen molar-refractivity contribution in [1.29, 1.82) is 0 Å². The molecule has 0 bridgehead atoms. The largest absolute Gasteiger partial charge is 0.355 e. The lowest BCUT2D eigenvalue weighted by atomic mass is 9.99. The van der Waals surface area contributed by atoms with Crippen molar-refractivity contribution in [2.24, 2.45) is 10.9 Å². The Kier molecular flexibility index (Phi) is 10.5. The Labute approximate surface area is 159 Å². The fraction of sp³-hybridized carbons (Fsp3) is 0.941. The monoisotopic (exact) mass is 437 g/mol. The highest BCUT2D eigenvalue weighted by molar-refractivity contribution is 14.0. The van der Waals surface area contributed by atoms with E-state index in [1.807, 2.05) is 7.05 Å². The second kappa shape index (κ2) is 11.5. The Morgan fingerprint density at radius 2 is 1.87 bits per heavy atom. The summed E-state index contributed by atoms with van der Waals surface area (Å²) >= 11 is 0. The predicted octanol–water partition coefficient (Wildman–Crippen LogP) is 1.99. The molecule has 1 unspecified atom stereocenters. The van der Waals surface area contributed by atoms with Crippen molar-refractivity contribution in [3.05, 3.63) is 0 Å². The van der Waals surface area contributed by atoms with E-state index >= 15 is 0 Å². The maximum atomic E-state index is 4.35. The van der Waals surface area contributed by atoms with Gasteiger partial charge < -0.3 is 15.5 Å². The summed E-state index contributed by atoms with van der Waals surface area (Å²) in [5.41, 5.74) is 0. The molecule has 1 atom stereocenters. The van der Waals surface area contributed by atoms with Gasteiger partial charge in [0.15, 0.2) is 5.96 Å². The number of likely N-dealkylation sites (tertiary alicyclic amines) is 2. The second-order valence-corrected chi connectivity index (χ2v) is 6.83. The smallest absolute Gasteiger partial charge is 0.191 e. The summed E-state index contributed by atoms with van der Waals surface area (Å²) in [5.74, 6) is 1.86. The first-order valence-corrected chi connectivity index (χ1v) is 9.13. The molecular weight excluding hydrogens is 401 g/mol.